The average Bonchev–Trinajstić information content (AvgIpc) is 3.54. The molecule has 1 aromatic rings. The van der Waals surface area contributed by atoms with Gasteiger partial charge in [0.2, 0.25) is 21.8 Å². The molecule has 2 heterocycles. The van der Waals surface area contributed by atoms with Crippen LogP contribution in [0.25, 0.3) is 0 Å². The predicted molar refractivity (Wildman–Crippen MR) is 110 cm³/mol. The lowest BCUT2D eigenvalue weighted by atomic mass is 9.96. The van der Waals surface area contributed by atoms with E-state index in [9.17, 15) is 18.0 Å². The molecule has 2 saturated heterocycles. The zero-order valence-corrected chi connectivity index (χ0v) is 17.7. The Bertz CT molecular complexity index is 857. The van der Waals surface area contributed by atoms with Crippen LogP contribution in [0, 0.1) is 11.8 Å². The highest BCUT2D eigenvalue weighted by molar-refractivity contribution is 7.88. The van der Waals surface area contributed by atoms with E-state index in [4.69, 9.17) is 0 Å². The second kappa shape index (κ2) is 8.07. The molecule has 1 aliphatic carbocycles. The number of piperazine rings is 1. The number of piperidine rings is 1. The molecule has 2 aliphatic heterocycles. The van der Waals surface area contributed by atoms with E-state index in [0.717, 1.165) is 6.42 Å². The summed E-state index contributed by atoms with van der Waals surface area (Å²) >= 11 is 0. The molecule has 8 heteroatoms. The van der Waals surface area contributed by atoms with Crippen LogP contribution in [0.4, 0.5) is 0 Å². The van der Waals surface area contributed by atoms with Gasteiger partial charge in [0.15, 0.2) is 0 Å². The maximum Gasteiger partial charge on any atom is 0.226 e. The van der Waals surface area contributed by atoms with E-state index in [1.807, 2.05) is 28.0 Å². The summed E-state index contributed by atoms with van der Waals surface area (Å²) in [7, 11) is -3.18. The molecular weight excluding hydrogens is 390 g/mol. The SMILES string of the molecule is CS(=O)(=O)N1CCC(C(=O)N2CCN(C(=O)C3CC3c3ccccc3)CC2)CC1. The molecule has 0 N–H and O–H groups in total. The minimum atomic E-state index is -3.18. The van der Waals surface area contributed by atoms with Crippen LogP contribution in [-0.4, -0.2) is 79.9 Å². The van der Waals surface area contributed by atoms with Crippen LogP contribution in [-0.2, 0) is 19.6 Å². The van der Waals surface area contributed by atoms with Gasteiger partial charge in [0.25, 0.3) is 0 Å². The number of carbonyl (C=O) groups excluding carboxylic acids is 2. The van der Waals surface area contributed by atoms with Gasteiger partial charge >= 0.3 is 0 Å². The van der Waals surface area contributed by atoms with E-state index in [-0.39, 0.29) is 23.7 Å². The third-order valence-electron chi connectivity index (χ3n) is 6.51. The maximum absolute atomic E-state index is 12.8. The third kappa shape index (κ3) is 4.48. The highest BCUT2D eigenvalue weighted by Gasteiger charge is 2.46. The predicted octanol–water partition coefficient (Wildman–Crippen LogP) is 1.13. The van der Waals surface area contributed by atoms with E-state index in [2.05, 4.69) is 12.1 Å². The maximum atomic E-state index is 12.8. The van der Waals surface area contributed by atoms with Gasteiger partial charge in [-0.2, -0.15) is 0 Å². The number of hydrogen-bond acceptors (Lipinski definition) is 4. The summed E-state index contributed by atoms with van der Waals surface area (Å²) in [6.07, 6.45) is 3.28. The molecule has 0 aromatic heterocycles. The minimum Gasteiger partial charge on any atom is -0.339 e. The van der Waals surface area contributed by atoms with Crippen LogP contribution in [0.1, 0.15) is 30.7 Å². The second-order valence-corrected chi connectivity index (χ2v) is 10.4. The fraction of sp³-hybridized carbons (Fsp3) is 0.619. The summed E-state index contributed by atoms with van der Waals surface area (Å²) in [5, 5.41) is 0. The molecule has 3 fully saturated rings. The van der Waals surface area contributed by atoms with Crippen molar-refractivity contribution in [2.75, 3.05) is 45.5 Å². The fourth-order valence-corrected chi connectivity index (χ4v) is 5.48. The largest absolute Gasteiger partial charge is 0.339 e. The van der Waals surface area contributed by atoms with Gasteiger partial charge in [0.05, 0.1) is 6.26 Å². The van der Waals surface area contributed by atoms with E-state index < -0.39 is 10.0 Å². The van der Waals surface area contributed by atoms with Gasteiger partial charge in [0, 0.05) is 51.1 Å². The number of sulfonamides is 1. The molecule has 158 valence electrons. The van der Waals surface area contributed by atoms with Crippen molar-refractivity contribution >= 4 is 21.8 Å². The first kappa shape index (κ1) is 20.3. The molecule has 1 aromatic carbocycles. The van der Waals surface area contributed by atoms with E-state index in [1.165, 1.54) is 16.1 Å². The van der Waals surface area contributed by atoms with Crippen molar-refractivity contribution in [1.82, 2.24) is 14.1 Å². The smallest absolute Gasteiger partial charge is 0.226 e. The lowest BCUT2D eigenvalue weighted by molar-refractivity contribution is -0.143. The van der Waals surface area contributed by atoms with Gasteiger partial charge in [0.1, 0.15) is 0 Å². The minimum absolute atomic E-state index is 0.0833. The number of amides is 2. The average molecular weight is 420 g/mol. The zero-order valence-electron chi connectivity index (χ0n) is 16.9. The Morgan fingerprint density at radius 2 is 1.41 bits per heavy atom. The lowest BCUT2D eigenvalue weighted by Gasteiger charge is -2.38. The van der Waals surface area contributed by atoms with E-state index in [0.29, 0.717) is 58.0 Å². The number of benzene rings is 1. The van der Waals surface area contributed by atoms with Crippen molar-refractivity contribution in [3.8, 4) is 0 Å². The molecule has 3 aliphatic rings. The topological polar surface area (TPSA) is 78.0 Å². The molecule has 1 saturated carbocycles. The van der Waals surface area contributed by atoms with Crippen LogP contribution in [0.5, 0.6) is 0 Å². The molecule has 2 amide bonds. The number of carbonyl (C=O) groups is 2. The van der Waals surface area contributed by atoms with Crippen molar-refractivity contribution in [1.29, 1.82) is 0 Å². The summed E-state index contributed by atoms with van der Waals surface area (Å²) < 4.78 is 24.7. The Labute approximate surface area is 172 Å². The molecule has 0 bridgehead atoms. The monoisotopic (exact) mass is 419 g/mol. The summed E-state index contributed by atoms with van der Waals surface area (Å²) in [5.74, 6) is 0.635. The lowest BCUT2D eigenvalue weighted by Crippen LogP contribution is -2.53. The van der Waals surface area contributed by atoms with Gasteiger partial charge < -0.3 is 9.80 Å². The van der Waals surface area contributed by atoms with Crippen molar-refractivity contribution in [3.63, 3.8) is 0 Å². The second-order valence-electron chi connectivity index (χ2n) is 8.45. The molecule has 0 radical (unpaired) electrons. The molecular formula is C21H29N3O4S. The van der Waals surface area contributed by atoms with Crippen LogP contribution in [0.2, 0.25) is 0 Å². The van der Waals surface area contributed by atoms with Crippen molar-refractivity contribution < 1.29 is 18.0 Å². The molecule has 29 heavy (non-hydrogen) atoms. The van der Waals surface area contributed by atoms with Gasteiger partial charge in [-0.05, 0) is 30.7 Å². The first-order valence-corrected chi connectivity index (χ1v) is 12.3. The van der Waals surface area contributed by atoms with Gasteiger partial charge in [-0.15, -0.1) is 0 Å². The Morgan fingerprint density at radius 1 is 0.862 bits per heavy atom. The van der Waals surface area contributed by atoms with Crippen LogP contribution in [0.15, 0.2) is 30.3 Å². The molecule has 4 rings (SSSR count). The first-order chi connectivity index (χ1) is 13.8. The summed E-state index contributed by atoms with van der Waals surface area (Å²) in [6, 6.07) is 10.2. The number of nitrogens with zero attached hydrogens (tertiary/aromatic N) is 3. The van der Waals surface area contributed by atoms with Gasteiger partial charge in [-0.25, -0.2) is 12.7 Å². The molecule has 0 spiro atoms. The van der Waals surface area contributed by atoms with Crippen LogP contribution in [0.3, 0.4) is 0 Å². The highest BCUT2D eigenvalue weighted by Crippen LogP contribution is 2.48. The van der Waals surface area contributed by atoms with E-state index >= 15 is 0 Å². The summed E-state index contributed by atoms with van der Waals surface area (Å²) in [5.41, 5.74) is 1.24. The normalized spacial score (nSPS) is 26.4. The Balaban J connectivity index is 1.25. The first-order valence-electron chi connectivity index (χ1n) is 10.4. The quantitative estimate of drug-likeness (QED) is 0.733. The molecule has 7 nitrogen and oxygen atoms in total. The molecule has 2 unspecified atom stereocenters. The molecule has 2 atom stereocenters. The fourth-order valence-electron chi connectivity index (χ4n) is 4.61. The summed E-state index contributed by atoms with van der Waals surface area (Å²) in [6.45, 7) is 3.14. The van der Waals surface area contributed by atoms with Crippen molar-refractivity contribution in [2.45, 2.75) is 25.2 Å². The van der Waals surface area contributed by atoms with Crippen LogP contribution >= 0.6 is 0 Å². The standard InChI is InChI=1S/C21H29N3O4S/c1-29(27,28)24-9-7-17(8-10-24)20(25)22-11-13-23(14-12-22)21(26)19-15-18(19)16-5-3-2-4-6-16/h2-6,17-19H,7-15H2,1H3. The Kier molecular flexibility index (Phi) is 5.66. The third-order valence-corrected chi connectivity index (χ3v) is 7.81. The number of hydrogen-bond donors (Lipinski definition) is 0. The summed E-state index contributed by atoms with van der Waals surface area (Å²) in [4.78, 5) is 29.4. The Hall–Kier alpha value is -1.93. The Morgan fingerprint density at radius 3 is 1.97 bits per heavy atom. The van der Waals surface area contributed by atoms with Crippen molar-refractivity contribution in [3.05, 3.63) is 35.9 Å². The zero-order chi connectivity index (χ0) is 20.6. The van der Waals surface area contributed by atoms with Gasteiger partial charge in [-0.3, -0.25) is 9.59 Å². The van der Waals surface area contributed by atoms with Crippen molar-refractivity contribution in [2.24, 2.45) is 11.8 Å². The van der Waals surface area contributed by atoms with Crippen LogP contribution < -0.4 is 0 Å². The van der Waals surface area contributed by atoms with E-state index in [1.54, 1.807) is 0 Å². The highest BCUT2D eigenvalue weighted by atomic mass is 32.2. The number of rotatable bonds is 4. The van der Waals surface area contributed by atoms with Gasteiger partial charge in [-0.1, -0.05) is 30.3 Å².